The van der Waals surface area contributed by atoms with Crippen LogP contribution in [-0.2, 0) is 23.9 Å². The molecule has 1 heterocycles. The second-order valence-electron chi connectivity index (χ2n) is 12.5. The Balaban J connectivity index is 2.48. The van der Waals surface area contributed by atoms with Crippen molar-refractivity contribution in [3.05, 3.63) is 12.2 Å². The third-order valence-corrected chi connectivity index (χ3v) is 7.67. The van der Waals surface area contributed by atoms with E-state index in [1.807, 2.05) is 13.8 Å². The predicted octanol–water partition coefficient (Wildman–Crippen LogP) is 3.50. The third-order valence-electron chi connectivity index (χ3n) is 7.67. The average Bonchev–Trinajstić information content (AvgIpc) is 3.05. The fraction of sp³-hybridized carbons (Fsp3) is 0.844. The number of amides is 2. The van der Waals surface area contributed by atoms with Gasteiger partial charge in [-0.1, -0.05) is 91.2 Å². The molecule has 2 amide bonds. The van der Waals surface area contributed by atoms with Crippen LogP contribution in [0.1, 0.15) is 105 Å². The van der Waals surface area contributed by atoms with Gasteiger partial charge in [0.25, 0.3) is 5.91 Å². The molecule has 10 heteroatoms. The number of esters is 1. The Morgan fingerprint density at radius 2 is 1.52 bits per heavy atom. The number of hydrogen-bond donors (Lipinski definition) is 4. The maximum atomic E-state index is 12.9. The van der Waals surface area contributed by atoms with E-state index in [4.69, 9.17) is 9.47 Å². The van der Waals surface area contributed by atoms with Crippen molar-refractivity contribution in [3.8, 4) is 0 Å². The molecular formula is C32H58N2O8. The molecule has 0 aliphatic carbocycles. The van der Waals surface area contributed by atoms with E-state index in [2.05, 4.69) is 19.2 Å². The van der Waals surface area contributed by atoms with Gasteiger partial charge in [0.05, 0.1) is 6.54 Å². The number of carbonyl (C=O) groups is 3. The Kier molecular flexibility index (Phi) is 18.8. The second kappa shape index (κ2) is 20.8. The largest absolute Gasteiger partial charge is 0.460 e. The Morgan fingerprint density at radius 1 is 0.929 bits per heavy atom. The van der Waals surface area contributed by atoms with Crippen LogP contribution in [0.2, 0.25) is 0 Å². The predicted molar refractivity (Wildman–Crippen MR) is 162 cm³/mol. The molecule has 0 radical (unpaired) electrons. The van der Waals surface area contributed by atoms with Crippen LogP contribution in [0.4, 0.5) is 0 Å². The van der Waals surface area contributed by atoms with E-state index in [0.717, 1.165) is 25.2 Å². The van der Waals surface area contributed by atoms with E-state index in [-0.39, 0.29) is 30.8 Å². The van der Waals surface area contributed by atoms with E-state index < -0.39 is 42.5 Å². The first-order valence-electron chi connectivity index (χ1n) is 15.9. The number of carbonyl (C=O) groups excluding carboxylic acids is 3. The van der Waals surface area contributed by atoms with Crippen molar-refractivity contribution in [3.63, 3.8) is 0 Å². The second-order valence-corrected chi connectivity index (χ2v) is 12.5. The van der Waals surface area contributed by atoms with E-state index in [1.54, 1.807) is 13.1 Å². The van der Waals surface area contributed by atoms with Gasteiger partial charge in [0.1, 0.15) is 30.5 Å². The minimum atomic E-state index is -1.73. The Hall–Kier alpha value is -2.01. The lowest BCUT2D eigenvalue weighted by molar-refractivity contribution is -0.151. The Labute approximate surface area is 253 Å². The topological polar surface area (TPSA) is 146 Å². The molecular weight excluding hydrogens is 540 g/mol. The summed E-state index contributed by atoms with van der Waals surface area (Å²) in [5, 5.41) is 33.6. The zero-order valence-electron chi connectivity index (χ0n) is 26.8. The molecule has 1 aliphatic rings. The molecule has 42 heavy (non-hydrogen) atoms. The van der Waals surface area contributed by atoms with E-state index >= 15 is 0 Å². The molecule has 0 saturated carbocycles. The molecule has 0 aromatic heterocycles. The fourth-order valence-corrected chi connectivity index (χ4v) is 5.07. The van der Waals surface area contributed by atoms with Crippen molar-refractivity contribution in [2.24, 2.45) is 11.8 Å². The van der Waals surface area contributed by atoms with Gasteiger partial charge in [-0.3, -0.25) is 14.4 Å². The first kappa shape index (κ1) is 38.0. The number of nitrogens with one attached hydrogen (secondary N) is 1. The Bertz CT molecular complexity index is 818. The SMILES string of the molecule is COC(C(=O)NC1CCC(OC(=O)CCCCCCCCCCC(C)C)CN(C)C1=O)C(O)C(O)C(O)C=CC(C)C. The van der Waals surface area contributed by atoms with Crippen molar-refractivity contribution in [1.82, 2.24) is 10.2 Å². The lowest BCUT2D eigenvalue weighted by Crippen LogP contribution is -2.55. The number of nitrogens with zero attached hydrogens (tertiary/aromatic N) is 1. The van der Waals surface area contributed by atoms with Gasteiger partial charge in [-0.15, -0.1) is 0 Å². The highest BCUT2D eigenvalue weighted by atomic mass is 16.5. The number of ether oxygens (including phenoxy) is 2. The minimum Gasteiger partial charge on any atom is -0.460 e. The summed E-state index contributed by atoms with van der Waals surface area (Å²) in [5.41, 5.74) is 0. The molecule has 0 bridgehead atoms. The van der Waals surface area contributed by atoms with Crippen molar-refractivity contribution in [2.45, 2.75) is 141 Å². The van der Waals surface area contributed by atoms with Gasteiger partial charge >= 0.3 is 5.97 Å². The van der Waals surface area contributed by atoms with Crippen molar-refractivity contribution in [2.75, 3.05) is 20.7 Å². The quantitative estimate of drug-likeness (QED) is 0.0947. The number of likely N-dealkylation sites (tertiary alicyclic amines) is 1. The zero-order chi connectivity index (χ0) is 31.7. The first-order chi connectivity index (χ1) is 19.9. The summed E-state index contributed by atoms with van der Waals surface area (Å²) in [6.45, 7) is 8.52. The first-order valence-corrected chi connectivity index (χ1v) is 15.9. The zero-order valence-corrected chi connectivity index (χ0v) is 26.8. The molecule has 1 saturated heterocycles. The number of aliphatic hydroxyl groups is 3. The molecule has 1 aliphatic heterocycles. The average molecular weight is 599 g/mol. The van der Waals surface area contributed by atoms with Gasteiger partial charge in [0.15, 0.2) is 6.10 Å². The highest BCUT2D eigenvalue weighted by Crippen LogP contribution is 2.18. The molecule has 1 rings (SSSR count). The van der Waals surface area contributed by atoms with Crippen LogP contribution in [0.25, 0.3) is 0 Å². The molecule has 244 valence electrons. The molecule has 1 fully saturated rings. The summed E-state index contributed by atoms with van der Waals surface area (Å²) in [6, 6.07) is -0.913. The number of methoxy groups -OCH3 is 1. The lowest BCUT2D eigenvalue weighted by atomic mass is 10.00. The summed E-state index contributed by atoms with van der Waals surface area (Å²) in [4.78, 5) is 39.7. The summed E-state index contributed by atoms with van der Waals surface area (Å²) in [6.07, 6.45) is 7.67. The van der Waals surface area contributed by atoms with Crippen LogP contribution in [0.3, 0.4) is 0 Å². The number of aliphatic hydroxyl groups excluding tert-OH is 3. The number of hydrogen-bond acceptors (Lipinski definition) is 8. The highest BCUT2D eigenvalue weighted by molar-refractivity contribution is 5.89. The van der Waals surface area contributed by atoms with Gasteiger partial charge < -0.3 is 35.0 Å². The highest BCUT2D eigenvalue weighted by Gasteiger charge is 2.38. The normalized spacial score (nSPS) is 20.9. The lowest BCUT2D eigenvalue weighted by Gasteiger charge is -2.28. The van der Waals surface area contributed by atoms with Crippen LogP contribution in [0.5, 0.6) is 0 Å². The summed E-state index contributed by atoms with van der Waals surface area (Å²) in [5.74, 6) is -0.522. The van der Waals surface area contributed by atoms with Gasteiger partial charge in [0.2, 0.25) is 5.91 Å². The van der Waals surface area contributed by atoms with Crippen molar-refractivity contribution < 1.29 is 39.2 Å². The molecule has 0 aromatic rings. The van der Waals surface area contributed by atoms with Gasteiger partial charge in [-0.25, -0.2) is 0 Å². The smallest absolute Gasteiger partial charge is 0.306 e. The summed E-state index contributed by atoms with van der Waals surface area (Å²) in [7, 11) is 2.78. The maximum absolute atomic E-state index is 12.9. The number of rotatable bonds is 20. The number of likely N-dealkylation sites (N-methyl/N-ethyl adjacent to an activating group) is 1. The molecule has 6 atom stereocenters. The number of allylic oxidation sites excluding steroid dienone is 1. The van der Waals surface area contributed by atoms with Crippen LogP contribution >= 0.6 is 0 Å². The molecule has 6 unspecified atom stereocenters. The fourth-order valence-electron chi connectivity index (χ4n) is 5.07. The van der Waals surface area contributed by atoms with Gasteiger partial charge in [-0.2, -0.15) is 0 Å². The Morgan fingerprint density at radius 3 is 2.10 bits per heavy atom. The van der Waals surface area contributed by atoms with Gasteiger partial charge in [0, 0.05) is 20.6 Å². The van der Waals surface area contributed by atoms with E-state index in [0.29, 0.717) is 12.8 Å². The molecule has 0 spiro atoms. The monoisotopic (exact) mass is 598 g/mol. The molecule has 4 N–H and O–H groups in total. The molecule has 0 aromatic carbocycles. The van der Waals surface area contributed by atoms with Crippen LogP contribution in [0, 0.1) is 11.8 Å². The van der Waals surface area contributed by atoms with Gasteiger partial charge in [-0.05, 0) is 31.1 Å². The van der Waals surface area contributed by atoms with E-state index in [1.165, 1.54) is 56.6 Å². The maximum Gasteiger partial charge on any atom is 0.306 e. The standard InChI is InChI=1S/C32H58N2O8/c1-22(2)15-13-11-9-7-8-10-12-14-16-27(36)42-24-18-19-25(32(40)34(5)21-24)33-31(39)30(41-6)29(38)28(37)26(35)20-17-23(3)4/h17,20,22-26,28-30,35,37-38H,7-16,18-19,21H2,1-6H3,(H,33,39). The van der Waals surface area contributed by atoms with Crippen LogP contribution < -0.4 is 5.32 Å². The summed E-state index contributed by atoms with van der Waals surface area (Å²) >= 11 is 0. The third kappa shape index (κ3) is 14.9. The van der Waals surface area contributed by atoms with Crippen molar-refractivity contribution in [1.29, 1.82) is 0 Å². The van der Waals surface area contributed by atoms with Crippen LogP contribution in [0.15, 0.2) is 12.2 Å². The van der Waals surface area contributed by atoms with E-state index in [9.17, 15) is 29.7 Å². The van der Waals surface area contributed by atoms with Crippen LogP contribution in [-0.4, -0.2) is 95.3 Å². The number of unbranched alkanes of at least 4 members (excludes halogenated alkanes) is 7. The summed E-state index contributed by atoms with van der Waals surface area (Å²) < 4.78 is 10.8. The molecule has 10 nitrogen and oxygen atoms in total. The van der Waals surface area contributed by atoms with Crippen molar-refractivity contribution >= 4 is 17.8 Å². The minimum absolute atomic E-state index is 0.121.